The second-order valence-electron chi connectivity index (χ2n) is 3.25. The van der Waals surface area contributed by atoms with Crippen molar-refractivity contribution in [3.05, 3.63) is 0 Å². The van der Waals surface area contributed by atoms with Crippen LogP contribution in [0.3, 0.4) is 0 Å². The first-order valence-corrected chi connectivity index (χ1v) is 5.01. The molecule has 0 spiro atoms. The van der Waals surface area contributed by atoms with E-state index in [1.54, 1.807) is 7.85 Å². The van der Waals surface area contributed by atoms with Crippen molar-refractivity contribution in [2.45, 2.75) is 45.4 Å². The van der Waals surface area contributed by atoms with E-state index < -0.39 is 0 Å². The van der Waals surface area contributed by atoms with E-state index in [9.17, 15) is 4.79 Å². The lowest BCUT2D eigenvalue weighted by molar-refractivity contribution is 0.259. The molecule has 0 saturated heterocycles. The molecule has 0 heterocycles. The van der Waals surface area contributed by atoms with Gasteiger partial charge in [0.2, 0.25) is 7.85 Å². The van der Waals surface area contributed by atoms with Gasteiger partial charge in [0.1, 0.15) is 0 Å². The molecule has 2 nitrogen and oxygen atoms in total. The monoisotopic (exact) mass is 169 g/mol. The van der Waals surface area contributed by atoms with E-state index in [1.807, 2.05) is 0 Å². The average molecular weight is 169 g/mol. The summed E-state index contributed by atoms with van der Waals surface area (Å²) in [5.41, 5.74) is 0. The Hall–Kier alpha value is -0.465. The highest BCUT2D eigenvalue weighted by Crippen LogP contribution is 2.03. The zero-order valence-corrected chi connectivity index (χ0v) is 8.36. The lowest BCUT2D eigenvalue weighted by atomic mass is 10.1. The van der Waals surface area contributed by atoms with Crippen molar-refractivity contribution < 1.29 is 4.79 Å². The van der Waals surface area contributed by atoms with E-state index >= 15 is 0 Å². The maximum Gasteiger partial charge on any atom is 0.215 e. The minimum Gasteiger partial charge on any atom is -0.365 e. The first-order valence-electron chi connectivity index (χ1n) is 5.01. The largest absolute Gasteiger partial charge is 0.365 e. The fourth-order valence-corrected chi connectivity index (χ4v) is 1.17. The summed E-state index contributed by atoms with van der Waals surface area (Å²) in [5, 5.41) is 2.80. The van der Waals surface area contributed by atoms with E-state index in [4.69, 9.17) is 0 Å². The number of unbranched alkanes of at least 4 members (excludes halogenated alkanes) is 5. The highest BCUT2D eigenvalue weighted by molar-refractivity contribution is 6.57. The third-order valence-electron chi connectivity index (χ3n) is 1.90. The van der Waals surface area contributed by atoms with Crippen LogP contribution in [0.4, 0.5) is 4.79 Å². The van der Waals surface area contributed by atoms with Gasteiger partial charge in [-0.2, -0.15) is 0 Å². The predicted octanol–water partition coefficient (Wildman–Crippen LogP) is 1.69. The van der Waals surface area contributed by atoms with Crippen LogP contribution >= 0.6 is 0 Å². The van der Waals surface area contributed by atoms with Crippen LogP contribution in [0.2, 0.25) is 0 Å². The van der Waals surface area contributed by atoms with Gasteiger partial charge in [0.05, 0.1) is 0 Å². The van der Waals surface area contributed by atoms with Crippen molar-refractivity contribution in [3.8, 4) is 0 Å². The number of amides is 1. The Balaban J connectivity index is 2.86. The van der Waals surface area contributed by atoms with Gasteiger partial charge in [-0.25, -0.2) is 0 Å². The lowest BCUT2D eigenvalue weighted by Crippen LogP contribution is -2.22. The topological polar surface area (TPSA) is 29.1 Å². The Bertz CT molecular complexity index is 117. The van der Waals surface area contributed by atoms with Crippen molar-refractivity contribution in [1.82, 2.24) is 5.32 Å². The molecule has 1 N–H and O–H groups in total. The van der Waals surface area contributed by atoms with Crippen LogP contribution in [0, 0.1) is 0 Å². The number of carbonyl (C=O) groups excluding carboxylic acids is 1. The summed E-state index contributed by atoms with van der Waals surface area (Å²) in [5.74, 6) is 0.0866. The molecule has 1 amide bonds. The van der Waals surface area contributed by atoms with E-state index in [-0.39, 0.29) is 5.81 Å². The Labute approximate surface area is 76.5 Å². The van der Waals surface area contributed by atoms with Gasteiger partial charge in [0.25, 0.3) is 0 Å². The molecule has 0 fully saturated rings. The molecule has 12 heavy (non-hydrogen) atoms. The third kappa shape index (κ3) is 9.53. The quantitative estimate of drug-likeness (QED) is 0.456. The molecule has 0 aromatic heterocycles. The Morgan fingerprint density at radius 3 is 2.33 bits per heavy atom. The van der Waals surface area contributed by atoms with Gasteiger partial charge in [-0.05, 0) is 6.42 Å². The van der Waals surface area contributed by atoms with Crippen LogP contribution in [0.1, 0.15) is 45.4 Å². The van der Waals surface area contributed by atoms with E-state index in [0.717, 1.165) is 13.0 Å². The molecule has 0 aromatic rings. The Morgan fingerprint density at radius 2 is 1.75 bits per heavy atom. The van der Waals surface area contributed by atoms with Gasteiger partial charge in [0, 0.05) is 6.54 Å². The molecule has 3 heteroatoms. The maximum atomic E-state index is 10.5. The van der Waals surface area contributed by atoms with Crippen LogP contribution in [-0.4, -0.2) is 20.2 Å². The smallest absolute Gasteiger partial charge is 0.215 e. The van der Waals surface area contributed by atoms with Gasteiger partial charge in [-0.1, -0.05) is 39.0 Å². The molecule has 0 aliphatic carbocycles. The molecule has 70 valence electrons. The van der Waals surface area contributed by atoms with Gasteiger partial charge in [-0.15, -0.1) is 0 Å². The van der Waals surface area contributed by atoms with Crippen molar-refractivity contribution >= 4 is 13.7 Å². The van der Waals surface area contributed by atoms with Gasteiger partial charge >= 0.3 is 0 Å². The fourth-order valence-electron chi connectivity index (χ4n) is 1.17. The van der Waals surface area contributed by atoms with Crippen LogP contribution in [0.25, 0.3) is 0 Å². The maximum absolute atomic E-state index is 10.5. The molecular formula is C9H20BNO. The summed E-state index contributed by atoms with van der Waals surface area (Å²) in [6, 6.07) is 0. The molecular weight excluding hydrogens is 149 g/mol. The number of nitrogens with one attached hydrogen (secondary N) is 1. The summed E-state index contributed by atoms with van der Waals surface area (Å²) >= 11 is 0. The Kier molecular flexibility index (Phi) is 8.30. The summed E-state index contributed by atoms with van der Waals surface area (Å²) in [6.45, 7) is 3.07. The van der Waals surface area contributed by atoms with Crippen LogP contribution in [-0.2, 0) is 0 Å². The first-order chi connectivity index (χ1) is 5.77. The van der Waals surface area contributed by atoms with E-state index in [0.29, 0.717) is 0 Å². The number of carbonyl (C=O) groups is 1. The second kappa shape index (κ2) is 8.63. The van der Waals surface area contributed by atoms with Crippen molar-refractivity contribution in [2.24, 2.45) is 0 Å². The number of hydrogen-bond donors (Lipinski definition) is 1. The van der Waals surface area contributed by atoms with E-state index in [2.05, 4.69) is 12.2 Å². The molecule has 0 rings (SSSR count). The van der Waals surface area contributed by atoms with Gasteiger partial charge in [-0.3, -0.25) is 4.79 Å². The van der Waals surface area contributed by atoms with Crippen molar-refractivity contribution in [1.29, 1.82) is 0 Å². The van der Waals surface area contributed by atoms with Crippen LogP contribution in [0.5, 0.6) is 0 Å². The summed E-state index contributed by atoms with van der Waals surface area (Å²) in [7, 11) is 1.57. The zero-order valence-electron chi connectivity index (χ0n) is 8.36. The Morgan fingerprint density at radius 1 is 1.17 bits per heavy atom. The van der Waals surface area contributed by atoms with Gasteiger partial charge in [0.15, 0.2) is 5.81 Å². The molecule has 0 bridgehead atoms. The van der Waals surface area contributed by atoms with Gasteiger partial charge < -0.3 is 5.32 Å². The molecule has 0 saturated carbocycles. The molecule has 0 atom stereocenters. The SMILES string of the molecule is BC(=O)NCCCCCCCC. The van der Waals surface area contributed by atoms with Crippen molar-refractivity contribution in [3.63, 3.8) is 0 Å². The van der Waals surface area contributed by atoms with E-state index in [1.165, 1.54) is 32.1 Å². The minimum atomic E-state index is 0.0866. The highest BCUT2D eigenvalue weighted by Gasteiger charge is 1.91. The first kappa shape index (κ1) is 11.5. The zero-order chi connectivity index (χ0) is 9.23. The summed E-state index contributed by atoms with van der Waals surface area (Å²) in [4.78, 5) is 10.5. The highest BCUT2D eigenvalue weighted by atomic mass is 16.1. The molecule has 0 aliphatic heterocycles. The normalized spacial score (nSPS) is 9.75. The molecule has 0 radical (unpaired) electrons. The number of rotatable bonds is 7. The standard InChI is InChI=1S/C9H20BNO/c1-2-3-4-5-6-7-8-11-9(10)12/h2-8,10H2,1H3,(H,11,12). The van der Waals surface area contributed by atoms with Crippen LogP contribution in [0.15, 0.2) is 0 Å². The second-order valence-corrected chi connectivity index (χ2v) is 3.25. The lowest BCUT2D eigenvalue weighted by Gasteiger charge is -2.01. The predicted molar refractivity (Wildman–Crippen MR) is 55.3 cm³/mol. The average Bonchev–Trinajstić information content (AvgIpc) is 2.02. The van der Waals surface area contributed by atoms with Crippen LogP contribution < -0.4 is 5.32 Å². The summed E-state index contributed by atoms with van der Waals surface area (Å²) in [6.07, 6.45) is 7.68. The third-order valence-corrected chi connectivity index (χ3v) is 1.90. The molecule has 0 aliphatic rings. The van der Waals surface area contributed by atoms with Crippen molar-refractivity contribution in [2.75, 3.05) is 6.54 Å². The number of hydrogen-bond acceptors (Lipinski definition) is 1. The minimum absolute atomic E-state index is 0.0866. The molecule has 0 aromatic carbocycles. The summed E-state index contributed by atoms with van der Waals surface area (Å²) < 4.78 is 0. The molecule has 0 unspecified atom stereocenters. The fraction of sp³-hybridized carbons (Fsp3) is 0.889.